The molecule has 0 amide bonds. The number of hydrogen-bond donors (Lipinski definition) is 2. The van der Waals surface area contributed by atoms with Gasteiger partial charge in [0.1, 0.15) is 28.2 Å². The summed E-state index contributed by atoms with van der Waals surface area (Å²) in [6, 6.07) is 20.6. The molecule has 2 aliphatic rings. The molecule has 208 valence electrons. The number of benzene rings is 3. The van der Waals surface area contributed by atoms with Crippen LogP contribution in [0.2, 0.25) is 0 Å². The number of fused-ring (bicyclic) bond motifs is 2. The van der Waals surface area contributed by atoms with Gasteiger partial charge in [0, 0.05) is 32.7 Å². The van der Waals surface area contributed by atoms with Crippen molar-refractivity contribution in [3.8, 4) is 28.4 Å². The molecule has 2 N–H and O–H groups in total. The number of methoxy groups -OCH3 is 2. The van der Waals surface area contributed by atoms with Crippen molar-refractivity contribution in [3.63, 3.8) is 0 Å². The van der Waals surface area contributed by atoms with Crippen LogP contribution in [0.15, 0.2) is 71.6 Å². The lowest BCUT2D eigenvalue weighted by Gasteiger charge is -2.30. The predicted octanol–water partition coefficient (Wildman–Crippen LogP) is 2.59. The molecule has 9 nitrogen and oxygen atoms in total. The van der Waals surface area contributed by atoms with Crippen molar-refractivity contribution in [1.29, 1.82) is 0 Å². The van der Waals surface area contributed by atoms with Crippen molar-refractivity contribution in [2.75, 3.05) is 47.4 Å². The quantitative estimate of drug-likeness (QED) is 0.498. The van der Waals surface area contributed by atoms with Crippen LogP contribution in [0.25, 0.3) is 11.1 Å². The number of nitrogens with zero attached hydrogens (tertiary/aromatic N) is 2. The van der Waals surface area contributed by atoms with E-state index in [0.717, 1.165) is 22.4 Å². The highest BCUT2D eigenvalue weighted by atomic mass is 32.2. The summed E-state index contributed by atoms with van der Waals surface area (Å²) >= 11 is 0. The average molecular weight is 554 g/mol. The highest BCUT2D eigenvalue weighted by molar-refractivity contribution is 7.89. The van der Waals surface area contributed by atoms with Gasteiger partial charge in [0.05, 0.1) is 26.4 Å². The largest absolute Gasteiger partial charge is 0.497 e. The van der Waals surface area contributed by atoms with Crippen molar-refractivity contribution in [2.24, 2.45) is 0 Å². The van der Waals surface area contributed by atoms with Crippen molar-refractivity contribution in [3.05, 3.63) is 72.3 Å². The molecular weight excluding hydrogens is 518 g/mol. The van der Waals surface area contributed by atoms with Gasteiger partial charge < -0.3 is 19.3 Å². The number of sulfonamides is 1. The van der Waals surface area contributed by atoms with Crippen LogP contribution < -0.4 is 18.9 Å². The van der Waals surface area contributed by atoms with Crippen LogP contribution in [-0.4, -0.2) is 89.0 Å². The second-order valence-corrected chi connectivity index (χ2v) is 11.8. The van der Waals surface area contributed by atoms with E-state index in [1.807, 2.05) is 49.5 Å². The Bertz CT molecular complexity index is 1420. The van der Waals surface area contributed by atoms with Crippen LogP contribution in [0.3, 0.4) is 0 Å². The molecule has 3 aromatic rings. The number of likely N-dealkylation sites (N-methyl/N-ethyl adjacent to an activating group) is 1. The normalized spacial score (nSPS) is 23.6. The minimum absolute atomic E-state index is 0.0518. The Labute approximate surface area is 230 Å². The highest BCUT2D eigenvalue weighted by Crippen LogP contribution is 2.34. The van der Waals surface area contributed by atoms with Gasteiger partial charge in [-0.2, -0.15) is 0 Å². The van der Waals surface area contributed by atoms with E-state index in [0.29, 0.717) is 31.9 Å². The molecule has 3 aromatic carbocycles. The Balaban J connectivity index is 1.50. The van der Waals surface area contributed by atoms with Gasteiger partial charge in [-0.15, -0.1) is 0 Å². The van der Waals surface area contributed by atoms with Crippen molar-refractivity contribution in [1.82, 2.24) is 14.5 Å². The van der Waals surface area contributed by atoms with Crippen molar-refractivity contribution in [2.45, 2.75) is 29.7 Å². The van der Waals surface area contributed by atoms with Gasteiger partial charge in [0.15, 0.2) is 0 Å². The molecule has 39 heavy (non-hydrogen) atoms. The SMILES string of the molecule is COc1cccc(CN2C[C@@H]3Oc4cc(-c5cccc(OC)c5)ccc4S(=O)(=O)NC[C@H](O)CN(C)[C@@H]3C2)c1. The van der Waals surface area contributed by atoms with Gasteiger partial charge in [-0.3, -0.25) is 9.80 Å². The molecule has 0 saturated carbocycles. The van der Waals surface area contributed by atoms with Gasteiger partial charge in [-0.1, -0.05) is 30.3 Å². The van der Waals surface area contributed by atoms with E-state index in [-0.39, 0.29) is 29.3 Å². The molecule has 0 spiro atoms. The summed E-state index contributed by atoms with van der Waals surface area (Å²) in [5.74, 6) is 1.79. The maximum absolute atomic E-state index is 13.3. The zero-order chi connectivity index (χ0) is 27.6. The zero-order valence-corrected chi connectivity index (χ0v) is 23.2. The maximum atomic E-state index is 13.3. The maximum Gasteiger partial charge on any atom is 0.244 e. The molecule has 1 saturated heterocycles. The van der Waals surface area contributed by atoms with Crippen LogP contribution in [-0.2, 0) is 16.6 Å². The number of aliphatic hydroxyl groups is 1. The van der Waals surface area contributed by atoms with Crippen LogP contribution in [0, 0.1) is 0 Å². The predicted molar refractivity (Wildman–Crippen MR) is 149 cm³/mol. The van der Waals surface area contributed by atoms with Crippen molar-refractivity contribution < 1.29 is 27.7 Å². The molecule has 2 heterocycles. The topological polar surface area (TPSA) is 101 Å². The van der Waals surface area contributed by atoms with Crippen LogP contribution in [0.4, 0.5) is 0 Å². The number of ether oxygens (including phenoxy) is 3. The second kappa shape index (κ2) is 11.5. The summed E-state index contributed by atoms with van der Waals surface area (Å²) in [6.07, 6.45) is -1.18. The highest BCUT2D eigenvalue weighted by Gasteiger charge is 2.39. The molecule has 5 rings (SSSR count). The van der Waals surface area contributed by atoms with E-state index in [1.54, 1.807) is 32.4 Å². The zero-order valence-electron chi connectivity index (χ0n) is 22.4. The number of nitrogens with one attached hydrogen (secondary N) is 1. The third-order valence-electron chi connectivity index (χ3n) is 7.34. The number of aliphatic hydroxyl groups excluding tert-OH is 1. The second-order valence-electron chi connectivity index (χ2n) is 10.1. The van der Waals surface area contributed by atoms with Gasteiger partial charge in [0.2, 0.25) is 10.0 Å². The van der Waals surface area contributed by atoms with E-state index >= 15 is 0 Å². The molecule has 3 atom stereocenters. The minimum Gasteiger partial charge on any atom is -0.497 e. The van der Waals surface area contributed by atoms with E-state index < -0.39 is 16.1 Å². The van der Waals surface area contributed by atoms with Gasteiger partial charge >= 0.3 is 0 Å². The molecular formula is C29H35N3O6S. The molecule has 1 fully saturated rings. The van der Waals surface area contributed by atoms with Crippen LogP contribution in [0.5, 0.6) is 17.2 Å². The van der Waals surface area contributed by atoms with Crippen LogP contribution in [0.1, 0.15) is 5.56 Å². The Morgan fingerprint density at radius 2 is 1.67 bits per heavy atom. The van der Waals surface area contributed by atoms with E-state index in [4.69, 9.17) is 14.2 Å². The first-order valence-corrected chi connectivity index (χ1v) is 14.4. The number of likely N-dealkylation sites (tertiary alicyclic amines) is 1. The molecule has 10 heteroatoms. The molecule has 0 bridgehead atoms. The average Bonchev–Trinajstić information content (AvgIpc) is 3.33. The molecule has 0 unspecified atom stereocenters. The summed E-state index contributed by atoms with van der Waals surface area (Å²) in [6.45, 7) is 2.22. The fourth-order valence-corrected chi connectivity index (χ4v) is 6.50. The fourth-order valence-electron chi connectivity index (χ4n) is 5.31. The summed E-state index contributed by atoms with van der Waals surface area (Å²) in [4.78, 5) is 4.40. The lowest BCUT2D eigenvalue weighted by molar-refractivity contribution is 0.0713. The Morgan fingerprint density at radius 3 is 2.44 bits per heavy atom. The Morgan fingerprint density at radius 1 is 0.949 bits per heavy atom. The molecule has 2 aliphatic heterocycles. The third kappa shape index (κ3) is 6.21. The first-order chi connectivity index (χ1) is 18.8. The Kier molecular flexibility index (Phi) is 8.11. The number of β-amino-alcohol motifs (C(OH)–C–C–N with tert-alkyl or cyclic N) is 1. The van der Waals surface area contributed by atoms with Crippen molar-refractivity contribution >= 4 is 10.0 Å². The first kappa shape index (κ1) is 27.4. The third-order valence-corrected chi connectivity index (χ3v) is 8.80. The van der Waals surface area contributed by atoms with Gasteiger partial charge in [-0.25, -0.2) is 13.1 Å². The van der Waals surface area contributed by atoms with Gasteiger partial charge in [0.25, 0.3) is 0 Å². The molecule has 0 aliphatic carbocycles. The smallest absolute Gasteiger partial charge is 0.244 e. The summed E-state index contributed by atoms with van der Waals surface area (Å²) in [7, 11) is 1.28. The van der Waals surface area contributed by atoms with Gasteiger partial charge in [-0.05, 0) is 60.1 Å². The summed E-state index contributed by atoms with van der Waals surface area (Å²) in [5.41, 5.74) is 2.81. The molecule has 0 aromatic heterocycles. The number of rotatable bonds is 5. The van der Waals surface area contributed by atoms with E-state index in [1.165, 1.54) is 0 Å². The lowest BCUT2D eigenvalue weighted by atomic mass is 10.1. The lowest BCUT2D eigenvalue weighted by Crippen LogP contribution is -2.47. The fraction of sp³-hybridized carbons (Fsp3) is 0.379. The summed E-state index contributed by atoms with van der Waals surface area (Å²) < 4.78 is 46.5. The summed E-state index contributed by atoms with van der Waals surface area (Å²) in [5, 5.41) is 10.6. The molecule has 0 radical (unpaired) electrons. The van der Waals surface area contributed by atoms with Crippen LogP contribution >= 0.6 is 0 Å². The van der Waals surface area contributed by atoms with E-state index in [9.17, 15) is 13.5 Å². The first-order valence-electron chi connectivity index (χ1n) is 12.9. The monoisotopic (exact) mass is 553 g/mol. The Hall–Kier alpha value is -3.15. The minimum atomic E-state index is -3.92. The number of hydrogen-bond acceptors (Lipinski definition) is 8. The standard InChI is InChI=1S/C29H35N3O6S/c1-31-17-23(33)15-30-39(34,35)29-11-10-22(21-7-5-9-25(13-21)37-3)14-27(29)38-28-19-32(18-26(28)31)16-20-6-4-8-24(12-20)36-2/h4-14,23,26,28,30,33H,15-19H2,1-3H3/t23-,26+,28-/m0/s1. The van der Waals surface area contributed by atoms with E-state index in [2.05, 4.69) is 20.6 Å².